The summed E-state index contributed by atoms with van der Waals surface area (Å²) in [6.07, 6.45) is 1.72. The summed E-state index contributed by atoms with van der Waals surface area (Å²) in [6.45, 7) is 5.03. The molecule has 1 heterocycles. The van der Waals surface area contributed by atoms with E-state index in [4.69, 9.17) is 21.1 Å². The summed E-state index contributed by atoms with van der Waals surface area (Å²) in [4.78, 5) is 27.1. The first kappa shape index (κ1) is 25.6. The summed E-state index contributed by atoms with van der Waals surface area (Å²) in [6, 6.07) is 19.0. The van der Waals surface area contributed by atoms with E-state index < -0.39 is 0 Å². The van der Waals surface area contributed by atoms with Gasteiger partial charge in [-0.3, -0.25) is 14.5 Å². The van der Waals surface area contributed by atoms with Crippen LogP contribution in [0.4, 0.5) is 4.79 Å². The number of thioether (sulfide) groups is 1. The molecular formula is C27H23ClINO4S. The van der Waals surface area contributed by atoms with Crippen molar-refractivity contribution in [1.29, 1.82) is 0 Å². The molecule has 1 fully saturated rings. The van der Waals surface area contributed by atoms with E-state index in [0.29, 0.717) is 34.6 Å². The molecule has 0 N–H and O–H groups in total. The number of carbonyl (C=O) groups is 2. The fraction of sp³-hybridized carbons (Fsp3) is 0.185. The van der Waals surface area contributed by atoms with Gasteiger partial charge in [-0.25, -0.2) is 0 Å². The highest BCUT2D eigenvalue weighted by Gasteiger charge is 2.35. The molecule has 35 heavy (non-hydrogen) atoms. The Hall–Kier alpha value is -2.49. The van der Waals surface area contributed by atoms with E-state index in [0.717, 1.165) is 37.6 Å². The Labute approximate surface area is 227 Å². The number of nitrogens with zero attached hydrogens (tertiary/aromatic N) is 1. The van der Waals surface area contributed by atoms with Crippen LogP contribution in [0.3, 0.4) is 0 Å². The maximum atomic E-state index is 13.0. The lowest BCUT2D eigenvalue weighted by Crippen LogP contribution is -2.27. The average molecular weight is 620 g/mol. The monoisotopic (exact) mass is 619 g/mol. The van der Waals surface area contributed by atoms with Crippen molar-refractivity contribution in [2.45, 2.75) is 27.0 Å². The van der Waals surface area contributed by atoms with Gasteiger partial charge in [0.15, 0.2) is 11.5 Å². The molecule has 0 bridgehead atoms. The number of imide groups is 1. The number of benzene rings is 3. The van der Waals surface area contributed by atoms with Crippen molar-refractivity contribution in [3.8, 4) is 11.5 Å². The topological polar surface area (TPSA) is 55.8 Å². The fourth-order valence-corrected chi connectivity index (χ4v) is 5.43. The number of carbonyl (C=O) groups excluding carboxylic acids is 2. The largest absolute Gasteiger partial charge is 0.490 e. The van der Waals surface area contributed by atoms with Gasteiger partial charge in [0.25, 0.3) is 11.1 Å². The molecule has 1 aliphatic heterocycles. The van der Waals surface area contributed by atoms with Gasteiger partial charge in [0, 0.05) is 5.02 Å². The quantitative estimate of drug-likeness (QED) is 0.193. The number of halogens is 2. The van der Waals surface area contributed by atoms with Crippen LogP contribution in [-0.2, 0) is 17.9 Å². The minimum atomic E-state index is -0.326. The lowest BCUT2D eigenvalue weighted by atomic mass is 10.1. The number of ether oxygens (including phenoxy) is 2. The number of hydrogen-bond donors (Lipinski definition) is 0. The normalized spacial score (nSPS) is 14.6. The van der Waals surface area contributed by atoms with Gasteiger partial charge in [-0.15, -0.1) is 0 Å². The van der Waals surface area contributed by atoms with Crippen molar-refractivity contribution in [2.24, 2.45) is 0 Å². The molecule has 1 saturated heterocycles. The first-order valence-corrected chi connectivity index (χ1v) is 13.3. The van der Waals surface area contributed by atoms with Gasteiger partial charge >= 0.3 is 0 Å². The molecule has 0 spiro atoms. The maximum absolute atomic E-state index is 13.0. The molecule has 1 aliphatic rings. The number of amides is 2. The van der Waals surface area contributed by atoms with Gasteiger partial charge in [-0.1, -0.05) is 48.0 Å². The molecule has 5 nitrogen and oxygen atoms in total. The van der Waals surface area contributed by atoms with Crippen molar-refractivity contribution >= 4 is 63.2 Å². The lowest BCUT2D eigenvalue weighted by molar-refractivity contribution is -0.123. The van der Waals surface area contributed by atoms with Crippen LogP contribution in [0.5, 0.6) is 11.5 Å². The summed E-state index contributed by atoms with van der Waals surface area (Å²) in [5.41, 5.74) is 3.81. The molecule has 0 aliphatic carbocycles. The summed E-state index contributed by atoms with van der Waals surface area (Å²) in [5, 5.41) is 0.256. The van der Waals surface area contributed by atoms with Gasteiger partial charge in [0.05, 0.1) is 21.6 Å². The molecule has 0 aromatic heterocycles. The van der Waals surface area contributed by atoms with Crippen molar-refractivity contribution < 1.29 is 19.1 Å². The number of rotatable bonds is 8. The number of hydrogen-bond acceptors (Lipinski definition) is 5. The summed E-state index contributed by atoms with van der Waals surface area (Å²) in [5.74, 6) is 0.923. The standard InChI is InChI=1S/C27H23ClINO4S/c1-3-33-23-13-19(12-22(29)25(23)34-16-20-9-5-4-7-17(20)2)14-24-26(31)30(27(32)35-24)15-18-8-6-10-21(28)11-18/h4-14H,3,15-16H2,1-2H3/b24-14-. The summed E-state index contributed by atoms with van der Waals surface area (Å²) < 4.78 is 12.9. The molecule has 180 valence electrons. The summed E-state index contributed by atoms with van der Waals surface area (Å²) in [7, 11) is 0. The Balaban J connectivity index is 1.56. The van der Waals surface area contributed by atoms with Gasteiger partial charge in [-0.05, 0) is 101 Å². The lowest BCUT2D eigenvalue weighted by Gasteiger charge is -2.16. The van der Waals surface area contributed by atoms with Crippen LogP contribution in [0.2, 0.25) is 5.02 Å². The Morgan fingerprint density at radius 1 is 1.06 bits per heavy atom. The highest BCUT2D eigenvalue weighted by atomic mass is 127. The average Bonchev–Trinajstić information content (AvgIpc) is 3.07. The maximum Gasteiger partial charge on any atom is 0.293 e. The van der Waals surface area contributed by atoms with Gasteiger partial charge < -0.3 is 9.47 Å². The Morgan fingerprint density at radius 2 is 1.86 bits per heavy atom. The van der Waals surface area contributed by atoms with Crippen LogP contribution in [-0.4, -0.2) is 22.7 Å². The third-order valence-electron chi connectivity index (χ3n) is 5.37. The van der Waals surface area contributed by atoms with Crippen molar-refractivity contribution in [1.82, 2.24) is 4.90 Å². The van der Waals surface area contributed by atoms with Crippen LogP contribution in [0, 0.1) is 10.5 Å². The molecule has 3 aromatic carbocycles. The molecule has 8 heteroatoms. The third-order valence-corrected chi connectivity index (χ3v) is 7.31. The Kier molecular flexibility index (Phi) is 8.41. The predicted molar refractivity (Wildman–Crippen MR) is 149 cm³/mol. The minimum Gasteiger partial charge on any atom is -0.490 e. The smallest absolute Gasteiger partial charge is 0.293 e. The van der Waals surface area contributed by atoms with E-state index in [1.54, 1.807) is 24.3 Å². The van der Waals surface area contributed by atoms with Crippen LogP contribution in [0.25, 0.3) is 6.08 Å². The second kappa shape index (κ2) is 11.5. The first-order valence-electron chi connectivity index (χ1n) is 11.0. The number of aryl methyl sites for hydroxylation is 1. The Morgan fingerprint density at radius 3 is 2.60 bits per heavy atom. The van der Waals surface area contributed by atoms with Gasteiger partial charge in [-0.2, -0.15) is 0 Å². The van der Waals surface area contributed by atoms with E-state index in [9.17, 15) is 9.59 Å². The highest BCUT2D eigenvalue weighted by molar-refractivity contribution is 14.1. The zero-order chi connectivity index (χ0) is 24.9. The highest BCUT2D eigenvalue weighted by Crippen LogP contribution is 2.38. The molecule has 3 aromatic rings. The van der Waals surface area contributed by atoms with Gasteiger partial charge in [0.1, 0.15) is 6.61 Å². The second-order valence-corrected chi connectivity index (χ2v) is 10.5. The van der Waals surface area contributed by atoms with Crippen molar-refractivity contribution in [2.75, 3.05) is 6.61 Å². The summed E-state index contributed by atoms with van der Waals surface area (Å²) >= 11 is 9.18. The zero-order valence-corrected chi connectivity index (χ0v) is 22.9. The minimum absolute atomic E-state index is 0.177. The van der Waals surface area contributed by atoms with E-state index in [-0.39, 0.29) is 17.7 Å². The first-order chi connectivity index (χ1) is 16.9. The third kappa shape index (κ3) is 6.20. The molecule has 0 saturated carbocycles. The van der Waals surface area contributed by atoms with Gasteiger partial charge in [0.2, 0.25) is 0 Å². The molecule has 4 rings (SSSR count). The molecular weight excluding hydrogens is 597 g/mol. The van der Waals surface area contributed by atoms with Crippen LogP contribution >= 0.6 is 46.0 Å². The molecule has 2 amide bonds. The molecule has 0 atom stereocenters. The van der Waals surface area contributed by atoms with Crippen LogP contribution in [0.15, 0.2) is 65.6 Å². The van der Waals surface area contributed by atoms with Crippen LogP contribution < -0.4 is 9.47 Å². The van der Waals surface area contributed by atoms with Crippen LogP contribution in [0.1, 0.15) is 29.2 Å². The van der Waals surface area contributed by atoms with Crippen molar-refractivity contribution in [3.63, 3.8) is 0 Å². The van der Waals surface area contributed by atoms with Crippen molar-refractivity contribution in [3.05, 3.63) is 96.4 Å². The molecule has 0 radical (unpaired) electrons. The molecule has 0 unspecified atom stereocenters. The van der Waals surface area contributed by atoms with E-state index >= 15 is 0 Å². The fourth-order valence-electron chi connectivity index (χ4n) is 3.60. The van der Waals surface area contributed by atoms with E-state index in [1.807, 2.05) is 43.3 Å². The Bertz CT molecular complexity index is 1310. The SMILES string of the molecule is CCOc1cc(/C=C2\SC(=O)N(Cc3cccc(Cl)c3)C2=O)cc(I)c1OCc1ccccc1C. The zero-order valence-electron chi connectivity index (χ0n) is 19.2. The predicted octanol–water partition coefficient (Wildman–Crippen LogP) is 7.47. The second-order valence-electron chi connectivity index (χ2n) is 7.88. The van der Waals surface area contributed by atoms with E-state index in [2.05, 4.69) is 35.6 Å². The van der Waals surface area contributed by atoms with E-state index in [1.165, 1.54) is 4.90 Å².